The highest BCUT2D eigenvalue weighted by atomic mass is 79.9. The summed E-state index contributed by atoms with van der Waals surface area (Å²) in [7, 11) is 1.48. The molecule has 0 radical (unpaired) electrons. The number of carbonyl (C=O) groups is 2. The van der Waals surface area contributed by atoms with Gasteiger partial charge in [-0.1, -0.05) is 0 Å². The summed E-state index contributed by atoms with van der Waals surface area (Å²) < 4.78 is 10.1. The molecule has 0 aliphatic heterocycles. The molecule has 0 aromatic carbocycles. The van der Waals surface area contributed by atoms with Gasteiger partial charge in [0.25, 0.3) is 5.91 Å². The predicted octanol–water partition coefficient (Wildman–Crippen LogP) is 1.22. The number of amides is 1. The minimum Gasteiger partial charge on any atom is -0.480 e. The molecule has 94 valence electrons. The number of hydrogen-bond donors (Lipinski definition) is 1. The van der Waals surface area contributed by atoms with E-state index in [0.717, 1.165) is 0 Å². The predicted molar refractivity (Wildman–Crippen MR) is 61.8 cm³/mol. The molecule has 0 spiro atoms. The Balaban J connectivity index is 2.78. The van der Waals surface area contributed by atoms with Crippen molar-refractivity contribution in [1.29, 1.82) is 0 Å². The lowest BCUT2D eigenvalue weighted by Gasteiger charge is -2.19. The van der Waals surface area contributed by atoms with Crippen molar-refractivity contribution in [3.8, 4) is 0 Å². The molecule has 0 aliphatic carbocycles. The van der Waals surface area contributed by atoms with Gasteiger partial charge in [0.2, 0.25) is 0 Å². The Labute approximate surface area is 106 Å². The Morgan fingerprint density at radius 1 is 1.59 bits per heavy atom. The van der Waals surface area contributed by atoms with Gasteiger partial charge in [-0.3, -0.25) is 9.59 Å². The summed E-state index contributed by atoms with van der Waals surface area (Å²) >= 11 is 3.08. The fraction of sp³-hybridized carbons (Fsp3) is 0.400. The summed E-state index contributed by atoms with van der Waals surface area (Å²) in [5, 5.41) is 8.73. The monoisotopic (exact) mass is 305 g/mol. The van der Waals surface area contributed by atoms with Crippen LogP contribution in [-0.2, 0) is 9.53 Å². The summed E-state index contributed by atoms with van der Waals surface area (Å²) in [5.41, 5.74) is 0.294. The van der Waals surface area contributed by atoms with Gasteiger partial charge < -0.3 is 19.2 Å². The first-order chi connectivity index (χ1) is 8.06. The van der Waals surface area contributed by atoms with Crippen LogP contribution in [-0.4, -0.2) is 48.7 Å². The largest absolute Gasteiger partial charge is 0.480 e. The molecular weight excluding hydrogens is 294 g/mol. The number of nitrogens with zero attached hydrogens (tertiary/aromatic N) is 1. The van der Waals surface area contributed by atoms with Gasteiger partial charge in [-0.2, -0.15) is 0 Å². The second kappa shape index (κ2) is 6.41. The van der Waals surface area contributed by atoms with Crippen LogP contribution in [0, 0.1) is 0 Å². The van der Waals surface area contributed by atoms with Gasteiger partial charge in [0, 0.05) is 13.7 Å². The number of carbonyl (C=O) groups excluding carboxylic acids is 1. The molecule has 0 aliphatic rings. The Bertz CT molecular complexity index is 403. The van der Waals surface area contributed by atoms with Crippen molar-refractivity contribution in [2.24, 2.45) is 0 Å². The first kappa shape index (κ1) is 13.7. The number of carboxylic acid groups (broad SMARTS) is 1. The van der Waals surface area contributed by atoms with E-state index in [1.54, 1.807) is 0 Å². The number of carboxylic acids is 1. The maximum Gasteiger partial charge on any atom is 0.323 e. The maximum absolute atomic E-state index is 12.0. The van der Waals surface area contributed by atoms with E-state index in [-0.39, 0.29) is 24.4 Å². The molecule has 1 N–H and O–H groups in total. The van der Waals surface area contributed by atoms with Gasteiger partial charge in [-0.15, -0.1) is 0 Å². The zero-order valence-corrected chi connectivity index (χ0v) is 10.8. The fourth-order valence-corrected chi connectivity index (χ4v) is 1.64. The summed E-state index contributed by atoms with van der Waals surface area (Å²) in [6, 6.07) is 1.48. The quantitative estimate of drug-likeness (QED) is 0.854. The smallest absolute Gasteiger partial charge is 0.323 e. The topological polar surface area (TPSA) is 80.0 Å². The van der Waals surface area contributed by atoms with E-state index in [4.69, 9.17) is 14.3 Å². The molecule has 0 unspecified atom stereocenters. The van der Waals surface area contributed by atoms with Crippen LogP contribution in [0.15, 0.2) is 21.4 Å². The van der Waals surface area contributed by atoms with Crippen LogP contribution in [0.3, 0.4) is 0 Å². The molecule has 1 aromatic heterocycles. The third kappa shape index (κ3) is 3.86. The van der Waals surface area contributed by atoms with Crippen LogP contribution >= 0.6 is 15.9 Å². The van der Waals surface area contributed by atoms with Gasteiger partial charge in [-0.25, -0.2) is 0 Å². The lowest BCUT2D eigenvalue weighted by Crippen LogP contribution is -2.37. The number of ether oxygens (including phenoxy) is 1. The normalized spacial score (nSPS) is 10.2. The van der Waals surface area contributed by atoms with Crippen molar-refractivity contribution in [3.63, 3.8) is 0 Å². The zero-order chi connectivity index (χ0) is 12.8. The van der Waals surface area contributed by atoms with Crippen molar-refractivity contribution < 1.29 is 23.8 Å². The van der Waals surface area contributed by atoms with Crippen LogP contribution in [0.2, 0.25) is 0 Å². The highest BCUT2D eigenvalue weighted by Crippen LogP contribution is 2.19. The second-order valence-corrected chi connectivity index (χ2v) is 3.94. The van der Waals surface area contributed by atoms with E-state index >= 15 is 0 Å². The van der Waals surface area contributed by atoms with Crippen LogP contribution in [0.1, 0.15) is 10.4 Å². The molecule has 0 bridgehead atoms. The summed E-state index contributed by atoms with van der Waals surface area (Å²) in [4.78, 5) is 23.8. The lowest BCUT2D eigenvalue weighted by molar-refractivity contribution is -0.137. The number of hydrogen-bond acceptors (Lipinski definition) is 4. The number of furan rings is 1. The molecule has 0 fully saturated rings. The molecule has 6 nitrogen and oxygen atoms in total. The van der Waals surface area contributed by atoms with Crippen LogP contribution in [0.25, 0.3) is 0 Å². The molecule has 7 heteroatoms. The summed E-state index contributed by atoms with van der Waals surface area (Å²) in [6.45, 7) is 0.105. The first-order valence-corrected chi connectivity index (χ1v) is 5.58. The van der Waals surface area contributed by atoms with Gasteiger partial charge in [-0.05, 0) is 22.0 Å². The summed E-state index contributed by atoms with van der Waals surface area (Å²) in [6.07, 6.45) is 1.35. The van der Waals surface area contributed by atoms with E-state index in [1.165, 1.54) is 24.3 Å². The highest BCUT2D eigenvalue weighted by Gasteiger charge is 2.21. The summed E-state index contributed by atoms with van der Waals surface area (Å²) in [5.74, 6) is -1.49. The minimum absolute atomic E-state index is 0.208. The zero-order valence-electron chi connectivity index (χ0n) is 9.18. The molecule has 1 heterocycles. The Morgan fingerprint density at radius 2 is 2.29 bits per heavy atom. The van der Waals surface area contributed by atoms with Crippen molar-refractivity contribution in [2.45, 2.75) is 0 Å². The van der Waals surface area contributed by atoms with Gasteiger partial charge >= 0.3 is 5.97 Å². The van der Waals surface area contributed by atoms with Crippen LogP contribution in [0.5, 0.6) is 0 Å². The molecule has 1 amide bonds. The second-order valence-electron chi connectivity index (χ2n) is 3.22. The van der Waals surface area contributed by atoms with E-state index in [1.807, 2.05) is 0 Å². The fourth-order valence-electron chi connectivity index (χ4n) is 1.23. The van der Waals surface area contributed by atoms with E-state index in [9.17, 15) is 9.59 Å². The number of halogens is 1. The van der Waals surface area contributed by atoms with Crippen LogP contribution < -0.4 is 0 Å². The SMILES string of the molecule is COCCN(CC(=O)O)C(=O)c1ccoc1Br. The molecule has 1 rings (SSSR count). The average Bonchev–Trinajstić information content (AvgIpc) is 2.69. The molecule has 0 atom stereocenters. The molecule has 0 saturated heterocycles. The highest BCUT2D eigenvalue weighted by molar-refractivity contribution is 9.10. The van der Waals surface area contributed by atoms with Gasteiger partial charge in [0.15, 0.2) is 4.67 Å². The van der Waals surface area contributed by atoms with E-state index < -0.39 is 11.9 Å². The Hall–Kier alpha value is -1.34. The van der Waals surface area contributed by atoms with Crippen molar-refractivity contribution in [1.82, 2.24) is 4.90 Å². The van der Waals surface area contributed by atoms with E-state index in [2.05, 4.69) is 15.9 Å². The van der Waals surface area contributed by atoms with Gasteiger partial charge in [0.1, 0.15) is 6.54 Å². The number of aliphatic carboxylic acids is 1. The first-order valence-electron chi connectivity index (χ1n) is 4.79. The Morgan fingerprint density at radius 3 is 2.76 bits per heavy atom. The Kier molecular flexibility index (Phi) is 5.17. The van der Waals surface area contributed by atoms with Gasteiger partial charge in [0.05, 0.1) is 18.4 Å². The van der Waals surface area contributed by atoms with Crippen molar-refractivity contribution in [2.75, 3.05) is 26.8 Å². The van der Waals surface area contributed by atoms with E-state index in [0.29, 0.717) is 5.56 Å². The van der Waals surface area contributed by atoms with Crippen LogP contribution in [0.4, 0.5) is 0 Å². The molecule has 0 saturated carbocycles. The molecule has 1 aromatic rings. The number of methoxy groups -OCH3 is 1. The third-order valence-electron chi connectivity index (χ3n) is 2.03. The van der Waals surface area contributed by atoms with Crippen molar-refractivity contribution in [3.05, 3.63) is 22.6 Å². The lowest BCUT2D eigenvalue weighted by atomic mass is 10.3. The number of rotatable bonds is 6. The minimum atomic E-state index is -1.07. The average molecular weight is 306 g/mol. The maximum atomic E-state index is 12.0. The molecule has 17 heavy (non-hydrogen) atoms. The molecular formula is C10H12BrNO5. The van der Waals surface area contributed by atoms with Crippen molar-refractivity contribution >= 4 is 27.8 Å². The standard InChI is InChI=1S/C10H12BrNO5/c1-16-5-3-12(6-8(13)14)10(15)7-2-4-17-9(7)11/h2,4H,3,5-6H2,1H3,(H,13,14). The third-order valence-corrected chi connectivity index (χ3v) is 2.64.